The van der Waals surface area contributed by atoms with Gasteiger partial charge in [0.1, 0.15) is 5.75 Å². The highest BCUT2D eigenvalue weighted by atomic mass is 32.2. The monoisotopic (exact) mass is 367 g/mol. The van der Waals surface area contributed by atoms with Crippen LogP contribution in [0.4, 0.5) is 0 Å². The van der Waals surface area contributed by atoms with Gasteiger partial charge in [-0.05, 0) is 43.5 Å². The molecule has 0 radical (unpaired) electrons. The van der Waals surface area contributed by atoms with Crippen molar-refractivity contribution in [3.63, 3.8) is 0 Å². The van der Waals surface area contributed by atoms with Crippen LogP contribution >= 0.6 is 11.8 Å². The molecule has 3 rings (SSSR count). The van der Waals surface area contributed by atoms with Gasteiger partial charge in [0.15, 0.2) is 17.1 Å². The Hall–Kier alpha value is -2.27. The molecule has 2 aromatic carbocycles. The van der Waals surface area contributed by atoms with Crippen molar-refractivity contribution >= 4 is 11.8 Å². The first-order chi connectivity index (χ1) is 12.6. The van der Waals surface area contributed by atoms with E-state index < -0.39 is 0 Å². The van der Waals surface area contributed by atoms with Crippen LogP contribution in [-0.4, -0.2) is 14.8 Å². The number of nitrogens with zero attached hydrogens (tertiary/aromatic N) is 3. The lowest BCUT2D eigenvalue weighted by molar-refractivity contribution is 0.211. The molecule has 1 aromatic heterocycles. The zero-order chi connectivity index (χ0) is 18.5. The molecule has 26 heavy (non-hydrogen) atoms. The minimum atomic E-state index is -0.159. The van der Waals surface area contributed by atoms with Gasteiger partial charge < -0.3 is 9.30 Å². The van der Waals surface area contributed by atoms with Gasteiger partial charge in [-0.3, -0.25) is 0 Å². The van der Waals surface area contributed by atoms with Crippen LogP contribution in [0.15, 0.2) is 53.7 Å². The second-order valence-corrected chi connectivity index (χ2v) is 7.38. The van der Waals surface area contributed by atoms with Crippen molar-refractivity contribution in [3.05, 3.63) is 71.0 Å². The fourth-order valence-electron chi connectivity index (χ4n) is 2.82. The van der Waals surface area contributed by atoms with E-state index in [2.05, 4.69) is 60.4 Å². The summed E-state index contributed by atoms with van der Waals surface area (Å²) >= 11 is 1.69. The third-order valence-corrected chi connectivity index (χ3v) is 5.42. The first-order valence-electron chi connectivity index (χ1n) is 8.90. The number of benzene rings is 2. The molecule has 0 aliphatic rings. The highest BCUT2D eigenvalue weighted by Crippen LogP contribution is 2.26. The SMILES string of the molecule is CCc1ccc(OC(C)c2nnc(SCc3cccc(C)c3)n2C)cc1. The molecule has 0 fully saturated rings. The van der Waals surface area contributed by atoms with Crippen molar-refractivity contribution in [1.29, 1.82) is 0 Å². The number of aromatic nitrogens is 3. The lowest BCUT2D eigenvalue weighted by atomic mass is 10.2. The van der Waals surface area contributed by atoms with Crippen molar-refractivity contribution in [1.82, 2.24) is 14.8 Å². The Labute approximate surface area is 159 Å². The predicted octanol–water partition coefficient (Wildman–Crippen LogP) is 5.12. The lowest BCUT2D eigenvalue weighted by Crippen LogP contribution is -2.10. The topological polar surface area (TPSA) is 39.9 Å². The highest BCUT2D eigenvalue weighted by molar-refractivity contribution is 7.98. The maximum Gasteiger partial charge on any atom is 0.191 e. The zero-order valence-electron chi connectivity index (χ0n) is 15.8. The van der Waals surface area contributed by atoms with E-state index >= 15 is 0 Å². The summed E-state index contributed by atoms with van der Waals surface area (Å²) in [5.74, 6) is 2.56. The average molecular weight is 368 g/mol. The lowest BCUT2D eigenvalue weighted by Gasteiger charge is -2.14. The molecular formula is C21H25N3OS. The van der Waals surface area contributed by atoms with Crippen molar-refractivity contribution in [2.75, 3.05) is 0 Å². The Bertz CT molecular complexity index is 858. The quantitative estimate of drug-likeness (QED) is 0.544. The van der Waals surface area contributed by atoms with E-state index in [9.17, 15) is 0 Å². The van der Waals surface area contributed by atoms with E-state index in [0.717, 1.165) is 28.9 Å². The van der Waals surface area contributed by atoms with Crippen LogP contribution in [0.25, 0.3) is 0 Å². The fourth-order valence-corrected chi connectivity index (χ4v) is 3.68. The van der Waals surface area contributed by atoms with Gasteiger partial charge in [0.2, 0.25) is 0 Å². The largest absolute Gasteiger partial charge is 0.483 e. The predicted molar refractivity (Wildman–Crippen MR) is 107 cm³/mol. The molecule has 4 nitrogen and oxygen atoms in total. The standard InChI is InChI=1S/C21H25N3OS/c1-5-17-9-11-19(12-10-17)25-16(3)20-22-23-21(24(20)4)26-14-18-8-6-7-15(2)13-18/h6-13,16H,5,14H2,1-4H3. The molecule has 1 heterocycles. The van der Waals surface area contributed by atoms with Gasteiger partial charge in [-0.15, -0.1) is 10.2 Å². The van der Waals surface area contributed by atoms with Gasteiger partial charge in [-0.2, -0.15) is 0 Å². The molecule has 0 N–H and O–H groups in total. The summed E-state index contributed by atoms with van der Waals surface area (Å²) in [5, 5.41) is 9.58. The van der Waals surface area contributed by atoms with Crippen LogP contribution in [0.2, 0.25) is 0 Å². The molecule has 0 saturated carbocycles. The van der Waals surface area contributed by atoms with E-state index in [1.54, 1.807) is 11.8 Å². The fraction of sp³-hybridized carbons (Fsp3) is 0.333. The van der Waals surface area contributed by atoms with Crippen LogP contribution in [0, 0.1) is 6.92 Å². The van der Waals surface area contributed by atoms with E-state index in [4.69, 9.17) is 4.74 Å². The Morgan fingerprint density at radius 3 is 2.54 bits per heavy atom. The molecule has 0 aliphatic heterocycles. The first-order valence-corrected chi connectivity index (χ1v) is 9.88. The van der Waals surface area contributed by atoms with Crippen LogP contribution in [0.1, 0.15) is 42.5 Å². The smallest absolute Gasteiger partial charge is 0.191 e. The van der Waals surface area contributed by atoms with Gasteiger partial charge in [-0.1, -0.05) is 60.6 Å². The van der Waals surface area contributed by atoms with Crippen molar-refractivity contribution < 1.29 is 4.74 Å². The Balaban J connectivity index is 1.65. The van der Waals surface area contributed by atoms with E-state index in [1.165, 1.54) is 16.7 Å². The summed E-state index contributed by atoms with van der Waals surface area (Å²) in [5.41, 5.74) is 3.87. The summed E-state index contributed by atoms with van der Waals surface area (Å²) in [4.78, 5) is 0. The Morgan fingerprint density at radius 1 is 1.08 bits per heavy atom. The van der Waals surface area contributed by atoms with E-state index in [1.807, 2.05) is 30.7 Å². The third-order valence-electron chi connectivity index (χ3n) is 4.33. The van der Waals surface area contributed by atoms with Gasteiger partial charge in [0.25, 0.3) is 0 Å². The molecule has 136 valence electrons. The van der Waals surface area contributed by atoms with Gasteiger partial charge in [0, 0.05) is 12.8 Å². The van der Waals surface area contributed by atoms with Crippen molar-refractivity contribution in [3.8, 4) is 5.75 Å². The number of ether oxygens (including phenoxy) is 1. The van der Waals surface area contributed by atoms with Crippen LogP contribution in [0.3, 0.4) is 0 Å². The van der Waals surface area contributed by atoms with Crippen LogP contribution in [-0.2, 0) is 19.2 Å². The maximum absolute atomic E-state index is 6.04. The maximum atomic E-state index is 6.04. The molecule has 0 aliphatic carbocycles. The molecule has 0 saturated heterocycles. The molecule has 5 heteroatoms. The van der Waals surface area contributed by atoms with Crippen LogP contribution in [0.5, 0.6) is 5.75 Å². The van der Waals surface area contributed by atoms with Crippen molar-refractivity contribution in [2.24, 2.45) is 7.05 Å². The summed E-state index contributed by atoms with van der Waals surface area (Å²) < 4.78 is 8.06. The number of hydrogen-bond acceptors (Lipinski definition) is 4. The minimum absolute atomic E-state index is 0.159. The van der Waals surface area contributed by atoms with E-state index in [0.29, 0.717) is 0 Å². The highest BCUT2D eigenvalue weighted by Gasteiger charge is 2.17. The number of rotatable bonds is 7. The number of thioether (sulfide) groups is 1. The molecule has 0 bridgehead atoms. The summed E-state index contributed by atoms with van der Waals surface area (Å²) in [6, 6.07) is 16.8. The summed E-state index contributed by atoms with van der Waals surface area (Å²) in [6.07, 6.45) is 0.869. The normalized spacial score (nSPS) is 12.2. The molecule has 1 unspecified atom stereocenters. The second-order valence-electron chi connectivity index (χ2n) is 6.44. The minimum Gasteiger partial charge on any atom is -0.483 e. The summed E-state index contributed by atoms with van der Waals surface area (Å²) in [7, 11) is 1.99. The molecule has 3 aromatic rings. The third kappa shape index (κ3) is 4.47. The number of hydrogen-bond donors (Lipinski definition) is 0. The Kier molecular flexibility index (Phi) is 5.99. The first kappa shape index (κ1) is 18.5. The van der Waals surface area contributed by atoms with Crippen LogP contribution < -0.4 is 4.74 Å². The molecule has 0 spiro atoms. The average Bonchev–Trinajstić information content (AvgIpc) is 3.01. The molecular weight excluding hydrogens is 342 g/mol. The molecule has 1 atom stereocenters. The zero-order valence-corrected chi connectivity index (χ0v) is 16.6. The number of aryl methyl sites for hydroxylation is 2. The Morgan fingerprint density at radius 2 is 1.85 bits per heavy atom. The summed E-state index contributed by atoms with van der Waals surface area (Å²) in [6.45, 7) is 6.27. The second kappa shape index (κ2) is 8.41. The van der Waals surface area contributed by atoms with Crippen molar-refractivity contribution in [2.45, 2.75) is 44.2 Å². The van der Waals surface area contributed by atoms with Gasteiger partial charge in [-0.25, -0.2) is 0 Å². The van der Waals surface area contributed by atoms with Gasteiger partial charge >= 0.3 is 0 Å². The van der Waals surface area contributed by atoms with E-state index in [-0.39, 0.29) is 6.10 Å². The molecule has 0 amide bonds. The van der Waals surface area contributed by atoms with Gasteiger partial charge in [0.05, 0.1) is 0 Å².